The van der Waals surface area contributed by atoms with Crippen LogP contribution in [0.1, 0.15) is 42.5 Å². The molecule has 0 aromatic carbocycles. The molecule has 0 aliphatic heterocycles. The van der Waals surface area contributed by atoms with Gasteiger partial charge in [-0.1, -0.05) is 13.3 Å². The van der Waals surface area contributed by atoms with Gasteiger partial charge in [0.05, 0.1) is 11.9 Å². The van der Waals surface area contributed by atoms with Gasteiger partial charge in [-0.25, -0.2) is 4.98 Å². The third kappa shape index (κ3) is 2.52. The van der Waals surface area contributed by atoms with Crippen LogP contribution in [0.4, 0.5) is 0 Å². The molecular formula is C15H21N3OS. The van der Waals surface area contributed by atoms with Gasteiger partial charge in [0.1, 0.15) is 10.7 Å². The van der Waals surface area contributed by atoms with Gasteiger partial charge < -0.3 is 4.98 Å². The summed E-state index contributed by atoms with van der Waals surface area (Å²) >= 11 is 1.71. The Hall–Kier alpha value is -1.20. The van der Waals surface area contributed by atoms with Gasteiger partial charge in [0.15, 0.2) is 0 Å². The summed E-state index contributed by atoms with van der Waals surface area (Å²) in [5, 5.41) is 0.850. The second-order valence-electron chi connectivity index (χ2n) is 5.64. The molecule has 2 aromatic rings. The summed E-state index contributed by atoms with van der Waals surface area (Å²) in [4.78, 5) is 24.5. The number of thiophene rings is 1. The normalized spacial score (nSPS) is 14.3. The lowest BCUT2D eigenvalue weighted by molar-refractivity contribution is 0.313. The predicted octanol–water partition coefficient (Wildman–Crippen LogP) is 2.71. The maximum absolute atomic E-state index is 12.3. The summed E-state index contributed by atoms with van der Waals surface area (Å²) in [7, 11) is 2.08. The zero-order valence-corrected chi connectivity index (χ0v) is 13.0. The zero-order chi connectivity index (χ0) is 14.1. The molecule has 108 valence electrons. The van der Waals surface area contributed by atoms with Gasteiger partial charge in [-0.3, -0.25) is 9.69 Å². The number of aryl methyl sites for hydroxylation is 2. The van der Waals surface area contributed by atoms with E-state index in [2.05, 4.69) is 28.8 Å². The average molecular weight is 291 g/mol. The van der Waals surface area contributed by atoms with Gasteiger partial charge >= 0.3 is 0 Å². The minimum absolute atomic E-state index is 0.0493. The van der Waals surface area contributed by atoms with E-state index in [1.807, 2.05) is 0 Å². The highest BCUT2D eigenvalue weighted by Gasteiger charge is 2.21. The van der Waals surface area contributed by atoms with E-state index in [9.17, 15) is 4.79 Å². The van der Waals surface area contributed by atoms with Crippen LogP contribution in [0.3, 0.4) is 0 Å². The van der Waals surface area contributed by atoms with E-state index in [4.69, 9.17) is 0 Å². The average Bonchev–Trinajstić information content (AvgIpc) is 2.95. The van der Waals surface area contributed by atoms with Crippen LogP contribution in [0.25, 0.3) is 10.2 Å². The first-order chi connectivity index (χ1) is 9.69. The lowest BCUT2D eigenvalue weighted by Gasteiger charge is -2.15. The summed E-state index contributed by atoms with van der Waals surface area (Å²) in [6.45, 7) is 3.94. The number of fused-ring (bicyclic) bond motifs is 3. The molecule has 1 aliphatic rings. The maximum atomic E-state index is 12.3. The van der Waals surface area contributed by atoms with Crippen molar-refractivity contribution in [2.75, 3.05) is 13.6 Å². The molecule has 2 aromatic heterocycles. The topological polar surface area (TPSA) is 49.0 Å². The zero-order valence-electron chi connectivity index (χ0n) is 12.2. The Morgan fingerprint density at radius 1 is 1.40 bits per heavy atom. The Balaban J connectivity index is 1.89. The maximum Gasteiger partial charge on any atom is 0.259 e. The summed E-state index contributed by atoms with van der Waals surface area (Å²) < 4.78 is 0. The number of aromatic amines is 1. The number of rotatable bonds is 5. The third-order valence-corrected chi connectivity index (χ3v) is 5.12. The number of aromatic nitrogens is 2. The molecule has 0 unspecified atom stereocenters. The van der Waals surface area contributed by atoms with Crippen molar-refractivity contribution < 1.29 is 0 Å². The molecule has 1 N–H and O–H groups in total. The molecule has 2 heterocycles. The van der Waals surface area contributed by atoms with Crippen molar-refractivity contribution in [3.63, 3.8) is 0 Å². The molecule has 1 aliphatic carbocycles. The fourth-order valence-electron chi connectivity index (χ4n) is 2.88. The molecule has 20 heavy (non-hydrogen) atoms. The van der Waals surface area contributed by atoms with E-state index in [0.717, 1.165) is 35.4 Å². The molecule has 0 saturated carbocycles. The van der Waals surface area contributed by atoms with Crippen molar-refractivity contribution in [2.24, 2.45) is 0 Å². The first-order valence-corrected chi connectivity index (χ1v) is 8.22. The molecule has 0 fully saturated rings. The number of hydrogen-bond acceptors (Lipinski definition) is 4. The second-order valence-corrected chi connectivity index (χ2v) is 6.73. The van der Waals surface area contributed by atoms with Crippen LogP contribution < -0.4 is 5.56 Å². The molecule has 0 saturated heterocycles. The first-order valence-electron chi connectivity index (χ1n) is 7.41. The Morgan fingerprint density at radius 3 is 3.05 bits per heavy atom. The molecule has 0 amide bonds. The Labute approximate surface area is 122 Å². The summed E-state index contributed by atoms with van der Waals surface area (Å²) in [5.74, 6) is 0.793. The van der Waals surface area contributed by atoms with Crippen molar-refractivity contribution in [1.29, 1.82) is 0 Å². The van der Waals surface area contributed by atoms with Crippen LogP contribution in [0.5, 0.6) is 0 Å². The number of hydrogen-bond donors (Lipinski definition) is 1. The van der Waals surface area contributed by atoms with Crippen molar-refractivity contribution in [3.05, 3.63) is 26.6 Å². The van der Waals surface area contributed by atoms with Crippen LogP contribution >= 0.6 is 11.3 Å². The SMILES string of the molecule is CCCCN(C)Cc1nc2sc3c(c2c(=O)[nH]1)CCC3. The van der Waals surface area contributed by atoms with E-state index in [1.54, 1.807) is 11.3 Å². The number of nitrogens with one attached hydrogen (secondary N) is 1. The van der Waals surface area contributed by atoms with Crippen molar-refractivity contribution >= 4 is 21.6 Å². The van der Waals surface area contributed by atoms with E-state index < -0.39 is 0 Å². The molecule has 0 spiro atoms. The highest BCUT2D eigenvalue weighted by Crippen LogP contribution is 2.34. The lowest BCUT2D eigenvalue weighted by atomic mass is 10.2. The molecule has 0 bridgehead atoms. The third-order valence-electron chi connectivity index (χ3n) is 3.94. The van der Waals surface area contributed by atoms with Crippen molar-refractivity contribution in [2.45, 2.75) is 45.6 Å². The fraction of sp³-hybridized carbons (Fsp3) is 0.600. The van der Waals surface area contributed by atoms with Crippen LogP contribution in [0, 0.1) is 0 Å². The van der Waals surface area contributed by atoms with E-state index in [1.165, 1.54) is 29.7 Å². The van der Waals surface area contributed by atoms with Gasteiger partial charge in [0.25, 0.3) is 5.56 Å². The van der Waals surface area contributed by atoms with Crippen molar-refractivity contribution in [1.82, 2.24) is 14.9 Å². The molecule has 0 atom stereocenters. The number of unbranched alkanes of at least 4 members (excludes halogenated alkanes) is 1. The van der Waals surface area contributed by atoms with Gasteiger partial charge in [0, 0.05) is 4.88 Å². The molecular weight excluding hydrogens is 270 g/mol. The van der Waals surface area contributed by atoms with Crippen LogP contribution in [-0.4, -0.2) is 28.5 Å². The molecule has 0 radical (unpaired) electrons. The van der Waals surface area contributed by atoms with Gasteiger partial charge in [-0.2, -0.15) is 0 Å². The summed E-state index contributed by atoms with van der Waals surface area (Å²) in [5.41, 5.74) is 1.30. The number of nitrogens with zero attached hydrogens (tertiary/aromatic N) is 2. The quantitative estimate of drug-likeness (QED) is 0.921. The Kier molecular flexibility index (Phi) is 3.89. The number of H-pyrrole nitrogens is 1. The van der Waals surface area contributed by atoms with E-state index in [0.29, 0.717) is 6.54 Å². The fourth-order valence-corrected chi connectivity index (χ4v) is 4.17. The highest BCUT2D eigenvalue weighted by molar-refractivity contribution is 7.18. The van der Waals surface area contributed by atoms with Crippen LogP contribution in [0.15, 0.2) is 4.79 Å². The summed E-state index contributed by atoms with van der Waals surface area (Å²) in [6.07, 6.45) is 5.69. The monoisotopic (exact) mass is 291 g/mol. The Bertz CT molecular complexity index is 674. The van der Waals surface area contributed by atoms with Gasteiger partial charge in [0.2, 0.25) is 0 Å². The molecule has 5 heteroatoms. The van der Waals surface area contributed by atoms with Crippen LogP contribution in [0.2, 0.25) is 0 Å². The standard InChI is InChI=1S/C15H21N3OS/c1-3-4-8-18(2)9-12-16-14(19)13-10-6-5-7-11(10)20-15(13)17-12/h3-9H2,1-2H3,(H,16,17,19). The minimum atomic E-state index is 0.0493. The lowest BCUT2D eigenvalue weighted by Crippen LogP contribution is -2.22. The predicted molar refractivity (Wildman–Crippen MR) is 83.5 cm³/mol. The van der Waals surface area contributed by atoms with Gasteiger partial charge in [-0.05, 0) is 44.8 Å². The van der Waals surface area contributed by atoms with Gasteiger partial charge in [-0.15, -0.1) is 11.3 Å². The van der Waals surface area contributed by atoms with Crippen LogP contribution in [-0.2, 0) is 19.4 Å². The van der Waals surface area contributed by atoms with Crippen molar-refractivity contribution in [3.8, 4) is 0 Å². The minimum Gasteiger partial charge on any atom is -0.309 e. The molecule has 4 nitrogen and oxygen atoms in total. The highest BCUT2D eigenvalue weighted by atomic mass is 32.1. The van der Waals surface area contributed by atoms with E-state index >= 15 is 0 Å². The Morgan fingerprint density at radius 2 is 2.25 bits per heavy atom. The summed E-state index contributed by atoms with van der Waals surface area (Å²) in [6, 6.07) is 0. The first kappa shape index (κ1) is 13.8. The molecule has 3 rings (SSSR count). The smallest absolute Gasteiger partial charge is 0.259 e. The second kappa shape index (κ2) is 5.66. The largest absolute Gasteiger partial charge is 0.309 e. The van der Waals surface area contributed by atoms with E-state index in [-0.39, 0.29) is 5.56 Å².